The van der Waals surface area contributed by atoms with Crippen molar-refractivity contribution in [2.75, 3.05) is 0 Å². The third-order valence-electron chi connectivity index (χ3n) is 2.14. The van der Waals surface area contributed by atoms with Crippen molar-refractivity contribution in [2.24, 2.45) is 0 Å². The van der Waals surface area contributed by atoms with Gasteiger partial charge in [0.25, 0.3) is 0 Å². The maximum Gasteiger partial charge on any atom is 0.362 e. The SMILES string of the molecule is CCC(C)NB(Cl)c1ccccc1. The lowest BCUT2D eigenvalue weighted by molar-refractivity contribution is 0.656. The Balaban J connectivity index is 2.53. The van der Waals surface area contributed by atoms with E-state index >= 15 is 0 Å². The number of nitrogens with one attached hydrogen (secondary N) is 1. The molecule has 1 unspecified atom stereocenters. The molecule has 1 aromatic rings. The summed E-state index contributed by atoms with van der Waals surface area (Å²) >= 11 is 6.17. The molecule has 0 amide bonds. The molecule has 70 valence electrons. The Bertz CT molecular complexity index is 240. The fraction of sp³-hybridized carbons (Fsp3) is 0.400. The fourth-order valence-electron chi connectivity index (χ4n) is 1.09. The van der Waals surface area contributed by atoms with E-state index in [-0.39, 0.29) is 6.26 Å². The van der Waals surface area contributed by atoms with Crippen LogP contribution in [0.2, 0.25) is 0 Å². The predicted octanol–water partition coefficient (Wildman–Crippen LogP) is 2.01. The second kappa shape index (κ2) is 5.30. The maximum absolute atomic E-state index is 6.17. The molecule has 0 aromatic heterocycles. The van der Waals surface area contributed by atoms with Crippen LogP contribution in [0.3, 0.4) is 0 Å². The van der Waals surface area contributed by atoms with E-state index in [0.29, 0.717) is 6.04 Å². The minimum absolute atomic E-state index is 0.0730. The van der Waals surface area contributed by atoms with Crippen molar-refractivity contribution in [3.63, 3.8) is 0 Å². The van der Waals surface area contributed by atoms with Gasteiger partial charge in [-0.1, -0.05) is 44.2 Å². The van der Waals surface area contributed by atoms with E-state index in [1.54, 1.807) is 0 Å². The molecule has 1 atom stereocenters. The monoisotopic (exact) mass is 195 g/mol. The summed E-state index contributed by atoms with van der Waals surface area (Å²) < 4.78 is 0. The van der Waals surface area contributed by atoms with Crippen LogP contribution in [0.5, 0.6) is 0 Å². The smallest absolute Gasteiger partial charge is 0.336 e. The highest BCUT2D eigenvalue weighted by Gasteiger charge is 2.14. The van der Waals surface area contributed by atoms with E-state index in [2.05, 4.69) is 19.1 Å². The molecule has 0 bridgehead atoms. The molecule has 0 radical (unpaired) electrons. The van der Waals surface area contributed by atoms with Crippen LogP contribution in [-0.2, 0) is 0 Å². The molecule has 0 aliphatic rings. The third-order valence-corrected chi connectivity index (χ3v) is 2.51. The summed E-state index contributed by atoms with van der Waals surface area (Å²) in [4.78, 5) is 0. The number of hydrogen-bond acceptors (Lipinski definition) is 1. The lowest BCUT2D eigenvalue weighted by atomic mass is 9.80. The average molecular weight is 196 g/mol. The van der Waals surface area contributed by atoms with Crippen LogP contribution < -0.4 is 10.7 Å². The van der Waals surface area contributed by atoms with Gasteiger partial charge in [0.15, 0.2) is 0 Å². The van der Waals surface area contributed by atoms with Crippen LogP contribution in [-0.4, -0.2) is 12.3 Å². The average Bonchev–Trinajstić information content (AvgIpc) is 2.19. The van der Waals surface area contributed by atoms with E-state index in [0.717, 1.165) is 11.9 Å². The van der Waals surface area contributed by atoms with Gasteiger partial charge in [0.2, 0.25) is 0 Å². The molecule has 0 fully saturated rings. The molecular formula is C10H15BClN. The molecule has 0 saturated carbocycles. The topological polar surface area (TPSA) is 12.0 Å². The predicted molar refractivity (Wildman–Crippen MR) is 60.6 cm³/mol. The minimum Gasteiger partial charge on any atom is -0.336 e. The molecule has 0 spiro atoms. The van der Waals surface area contributed by atoms with Gasteiger partial charge in [-0.05, 0) is 17.9 Å². The van der Waals surface area contributed by atoms with Crippen molar-refractivity contribution in [3.05, 3.63) is 30.3 Å². The van der Waals surface area contributed by atoms with Gasteiger partial charge in [-0.2, -0.15) is 11.5 Å². The minimum atomic E-state index is -0.0730. The Morgan fingerprint density at radius 2 is 2.00 bits per heavy atom. The summed E-state index contributed by atoms with van der Waals surface area (Å²) in [7, 11) is 0. The van der Waals surface area contributed by atoms with E-state index in [1.807, 2.05) is 30.3 Å². The van der Waals surface area contributed by atoms with Gasteiger partial charge < -0.3 is 5.23 Å². The Labute approximate surface area is 85.5 Å². The highest BCUT2D eigenvalue weighted by molar-refractivity contribution is 7.12. The summed E-state index contributed by atoms with van der Waals surface area (Å²) in [5.41, 5.74) is 1.13. The van der Waals surface area contributed by atoms with Crippen LogP contribution in [0.15, 0.2) is 30.3 Å². The lowest BCUT2D eigenvalue weighted by Crippen LogP contribution is -2.44. The first-order chi connectivity index (χ1) is 6.24. The molecule has 1 nitrogen and oxygen atoms in total. The van der Waals surface area contributed by atoms with Crippen LogP contribution in [0.25, 0.3) is 0 Å². The van der Waals surface area contributed by atoms with Crippen LogP contribution in [0.1, 0.15) is 20.3 Å². The van der Waals surface area contributed by atoms with Crippen molar-refractivity contribution in [2.45, 2.75) is 26.3 Å². The molecular weight excluding hydrogens is 180 g/mol. The van der Waals surface area contributed by atoms with Gasteiger partial charge in [-0.3, -0.25) is 0 Å². The zero-order valence-electron chi connectivity index (χ0n) is 8.13. The largest absolute Gasteiger partial charge is 0.362 e. The van der Waals surface area contributed by atoms with Crippen molar-refractivity contribution in [1.82, 2.24) is 5.23 Å². The van der Waals surface area contributed by atoms with Crippen molar-refractivity contribution in [1.29, 1.82) is 0 Å². The van der Waals surface area contributed by atoms with Crippen molar-refractivity contribution < 1.29 is 0 Å². The van der Waals surface area contributed by atoms with Gasteiger partial charge in [0.1, 0.15) is 0 Å². The molecule has 1 aromatic carbocycles. The molecule has 1 rings (SSSR count). The Morgan fingerprint density at radius 3 is 2.54 bits per heavy atom. The maximum atomic E-state index is 6.17. The van der Waals surface area contributed by atoms with E-state index in [1.165, 1.54) is 0 Å². The van der Waals surface area contributed by atoms with E-state index in [4.69, 9.17) is 11.5 Å². The first-order valence-corrected chi connectivity index (χ1v) is 5.12. The van der Waals surface area contributed by atoms with Crippen LogP contribution in [0.4, 0.5) is 0 Å². The molecule has 1 N–H and O–H groups in total. The van der Waals surface area contributed by atoms with E-state index in [9.17, 15) is 0 Å². The molecule has 0 saturated heterocycles. The van der Waals surface area contributed by atoms with E-state index < -0.39 is 0 Å². The summed E-state index contributed by atoms with van der Waals surface area (Å²) in [6.07, 6.45) is 1.02. The van der Waals surface area contributed by atoms with Gasteiger partial charge in [0.05, 0.1) is 0 Å². The van der Waals surface area contributed by atoms with Crippen molar-refractivity contribution in [3.8, 4) is 0 Å². The van der Waals surface area contributed by atoms with Crippen LogP contribution in [0, 0.1) is 0 Å². The van der Waals surface area contributed by atoms with Gasteiger partial charge in [0, 0.05) is 0 Å². The zero-order chi connectivity index (χ0) is 9.68. The normalized spacial score (nSPS) is 12.5. The van der Waals surface area contributed by atoms with Gasteiger partial charge in [-0.25, -0.2) is 0 Å². The van der Waals surface area contributed by atoms with Gasteiger partial charge in [-0.15, -0.1) is 0 Å². The van der Waals surface area contributed by atoms with Crippen molar-refractivity contribution >= 4 is 23.2 Å². The summed E-state index contributed by atoms with van der Waals surface area (Å²) in [5.74, 6) is 0. The second-order valence-corrected chi connectivity index (χ2v) is 3.69. The highest BCUT2D eigenvalue weighted by Crippen LogP contribution is 1.94. The molecule has 3 heteroatoms. The summed E-state index contributed by atoms with van der Waals surface area (Å²) in [6, 6.07) is 10.5. The standard InChI is InChI=1S/C10H15BClN/c1-3-9(2)13-11(12)10-7-5-4-6-8-10/h4-9,13H,3H2,1-2H3. The quantitative estimate of drug-likeness (QED) is 0.725. The third kappa shape index (κ3) is 3.41. The first kappa shape index (κ1) is 10.6. The first-order valence-electron chi connectivity index (χ1n) is 4.69. The Morgan fingerprint density at radius 1 is 1.38 bits per heavy atom. The zero-order valence-corrected chi connectivity index (χ0v) is 8.88. The molecule has 0 aliphatic heterocycles. The lowest BCUT2D eigenvalue weighted by Gasteiger charge is -2.14. The Hall–Kier alpha value is -0.465. The highest BCUT2D eigenvalue weighted by atomic mass is 35.5. The molecule has 0 aliphatic carbocycles. The Kier molecular flexibility index (Phi) is 4.33. The number of benzene rings is 1. The van der Waals surface area contributed by atoms with Crippen LogP contribution >= 0.6 is 11.5 Å². The van der Waals surface area contributed by atoms with Gasteiger partial charge >= 0.3 is 6.26 Å². The summed E-state index contributed by atoms with van der Waals surface area (Å²) in [6.45, 7) is 4.28. The second-order valence-electron chi connectivity index (χ2n) is 3.25. The summed E-state index contributed by atoms with van der Waals surface area (Å²) in [5, 5.41) is 3.31. The molecule has 0 heterocycles. The molecule has 13 heavy (non-hydrogen) atoms. The number of halogens is 1. The number of rotatable bonds is 4. The fourth-order valence-corrected chi connectivity index (χ4v) is 1.45. The number of hydrogen-bond donors (Lipinski definition) is 1.